The largest absolute Gasteiger partial charge is 0.478 e. The Balaban J connectivity index is 3.08. The fourth-order valence-electron chi connectivity index (χ4n) is 1.72. The first kappa shape index (κ1) is 15.1. The zero-order valence-corrected chi connectivity index (χ0v) is 10.7. The van der Waals surface area contributed by atoms with Crippen LogP contribution in [0.1, 0.15) is 47.4 Å². The van der Waals surface area contributed by atoms with E-state index in [1.807, 2.05) is 6.92 Å². The van der Waals surface area contributed by atoms with E-state index in [-0.39, 0.29) is 11.6 Å². The second-order valence-electron chi connectivity index (χ2n) is 4.28. The molecule has 104 valence electrons. The summed E-state index contributed by atoms with van der Waals surface area (Å²) in [5, 5.41) is 11.4. The topological polar surface area (TPSA) is 66.4 Å². The molecule has 0 heterocycles. The molecule has 0 bridgehead atoms. The molecule has 2 N–H and O–H groups in total. The molecule has 0 aliphatic carbocycles. The van der Waals surface area contributed by atoms with Crippen molar-refractivity contribution in [2.24, 2.45) is 0 Å². The number of carboxylic acids is 1. The van der Waals surface area contributed by atoms with Crippen LogP contribution in [0.2, 0.25) is 0 Å². The molecule has 4 nitrogen and oxygen atoms in total. The molecule has 1 aromatic carbocycles. The minimum atomic E-state index is -1.48. The van der Waals surface area contributed by atoms with Crippen LogP contribution in [0.4, 0.5) is 8.78 Å². The standard InChI is InChI=1S/C13H15F2NO3/c1-3-4-7(2)16-12(17)8-5-10(14)11(15)6-9(8)13(18)19/h5-7H,3-4H2,1-2H3,(H,16,17)(H,18,19). The van der Waals surface area contributed by atoms with Crippen molar-refractivity contribution in [3.8, 4) is 0 Å². The highest BCUT2D eigenvalue weighted by Gasteiger charge is 2.21. The van der Waals surface area contributed by atoms with Gasteiger partial charge in [0.1, 0.15) is 0 Å². The average Bonchev–Trinajstić information content (AvgIpc) is 2.31. The van der Waals surface area contributed by atoms with Gasteiger partial charge in [0.2, 0.25) is 0 Å². The quantitative estimate of drug-likeness (QED) is 0.865. The average molecular weight is 271 g/mol. The van der Waals surface area contributed by atoms with Crippen molar-refractivity contribution in [3.05, 3.63) is 34.9 Å². The van der Waals surface area contributed by atoms with Crippen LogP contribution in [-0.4, -0.2) is 23.0 Å². The van der Waals surface area contributed by atoms with E-state index in [1.165, 1.54) is 0 Å². The molecule has 0 fully saturated rings. The van der Waals surface area contributed by atoms with Crippen molar-refractivity contribution >= 4 is 11.9 Å². The van der Waals surface area contributed by atoms with Gasteiger partial charge in [-0.3, -0.25) is 4.79 Å². The number of carboxylic acid groups (broad SMARTS) is 1. The number of hydrogen-bond donors (Lipinski definition) is 2. The summed E-state index contributed by atoms with van der Waals surface area (Å²) in [6.07, 6.45) is 1.54. The highest BCUT2D eigenvalue weighted by molar-refractivity contribution is 6.04. The zero-order chi connectivity index (χ0) is 14.6. The third-order valence-electron chi connectivity index (χ3n) is 2.63. The van der Waals surface area contributed by atoms with Crippen LogP contribution >= 0.6 is 0 Å². The van der Waals surface area contributed by atoms with Gasteiger partial charge in [-0.05, 0) is 25.5 Å². The van der Waals surface area contributed by atoms with Crippen LogP contribution in [0, 0.1) is 11.6 Å². The molecule has 0 saturated heterocycles. The van der Waals surface area contributed by atoms with Crippen LogP contribution in [0.3, 0.4) is 0 Å². The summed E-state index contributed by atoms with van der Waals surface area (Å²) >= 11 is 0. The van der Waals surface area contributed by atoms with Gasteiger partial charge in [0.15, 0.2) is 11.6 Å². The fraction of sp³-hybridized carbons (Fsp3) is 0.385. The second kappa shape index (κ2) is 6.26. The van der Waals surface area contributed by atoms with Crippen LogP contribution in [-0.2, 0) is 0 Å². The first-order valence-corrected chi connectivity index (χ1v) is 5.90. The molecular formula is C13H15F2NO3. The lowest BCUT2D eigenvalue weighted by Crippen LogP contribution is -2.33. The van der Waals surface area contributed by atoms with E-state index in [0.717, 1.165) is 6.42 Å². The second-order valence-corrected chi connectivity index (χ2v) is 4.28. The summed E-state index contributed by atoms with van der Waals surface area (Å²) < 4.78 is 26.1. The van der Waals surface area contributed by atoms with Crippen LogP contribution in [0.5, 0.6) is 0 Å². The van der Waals surface area contributed by atoms with Crippen molar-refractivity contribution in [3.63, 3.8) is 0 Å². The molecular weight excluding hydrogens is 256 g/mol. The van der Waals surface area contributed by atoms with Gasteiger partial charge in [-0.25, -0.2) is 13.6 Å². The van der Waals surface area contributed by atoms with Crippen molar-refractivity contribution in [2.75, 3.05) is 0 Å². The van der Waals surface area contributed by atoms with Gasteiger partial charge in [-0.2, -0.15) is 0 Å². The number of rotatable bonds is 5. The maximum atomic E-state index is 13.1. The number of amides is 1. The molecule has 1 rings (SSSR count). The number of aromatic carboxylic acids is 1. The molecule has 1 atom stereocenters. The molecule has 1 amide bonds. The first-order valence-electron chi connectivity index (χ1n) is 5.90. The van der Waals surface area contributed by atoms with E-state index >= 15 is 0 Å². The number of hydrogen-bond acceptors (Lipinski definition) is 2. The Morgan fingerprint density at radius 1 is 1.26 bits per heavy atom. The minimum absolute atomic E-state index is 0.174. The molecule has 0 saturated carbocycles. The van der Waals surface area contributed by atoms with Crippen molar-refractivity contribution < 1.29 is 23.5 Å². The molecule has 0 spiro atoms. The molecule has 0 aliphatic rings. The normalized spacial score (nSPS) is 12.0. The van der Waals surface area contributed by atoms with Crippen molar-refractivity contribution in [1.29, 1.82) is 0 Å². The van der Waals surface area contributed by atoms with Crippen molar-refractivity contribution in [1.82, 2.24) is 5.32 Å². The number of carbonyl (C=O) groups is 2. The molecule has 6 heteroatoms. The lowest BCUT2D eigenvalue weighted by Gasteiger charge is -2.14. The van der Waals surface area contributed by atoms with E-state index in [4.69, 9.17) is 5.11 Å². The smallest absolute Gasteiger partial charge is 0.336 e. The molecule has 1 aromatic rings. The summed E-state index contributed by atoms with van der Waals surface area (Å²) in [6, 6.07) is 0.941. The lowest BCUT2D eigenvalue weighted by molar-refractivity contribution is 0.0689. The summed E-state index contributed by atoms with van der Waals surface area (Å²) in [4.78, 5) is 22.8. The zero-order valence-electron chi connectivity index (χ0n) is 10.7. The van der Waals surface area contributed by atoms with Crippen LogP contribution < -0.4 is 5.32 Å². The summed E-state index contributed by atoms with van der Waals surface area (Å²) in [5.41, 5.74) is -0.936. The molecule has 0 aliphatic heterocycles. The van der Waals surface area contributed by atoms with Gasteiger partial charge in [0, 0.05) is 6.04 Å². The summed E-state index contributed by atoms with van der Waals surface area (Å²) in [7, 11) is 0. The van der Waals surface area contributed by atoms with Crippen LogP contribution in [0.15, 0.2) is 12.1 Å². The number of halogens is 2. The first-order chi connectivity index (χ1) is 8.86. The SMILES string of the molecule is CCCC(C)NC(=O)c1cc(F)c(F)cc1C(=O)O. The van der Waals surface area contributed by atoms with Gasteiger partial charge in [-0.1, -0.05) is 13.3 Å². The number of nitrogens with one attached hydrogen (secondary N) is 1. The fourth-order valence-corrected chi connectivity index (χ4v) is 1.72. The van der Waals surface area contributed by atoms with E-state index in [0.29, 0.717) is 18.6 Å². The van der Waals surface area contributed by atoms with E-state index in [9.17, 15) is 18.4 Å². The van der Waals surface area contributed by atoms with Gasteiger partial charge >= 0.3 is 5.97 Å². The number of benzene rings is 1. The summed E-state index contributed by atoms with van der Waals surface area (Å²) in [6.45, 7) is 3.69. The Labute approximate surface area is 109 Å². The monoisotopic (exact) mass is 271 g/mol. The lowest BCUT2D eigenvalue weighted by atomic mass is 10.1. The Morgan fingerprint density at radius 3 is 2.26 bits per heavy atom. The Bertz CT molecular complexity index is 503. The number of carbonyl (C=O) groups excluding carboxylic acids is 1. The molecule has 1 unspecified atom stereocenters. The molecule has 0 aromatic heterocycles. The maximum absolute atomic E-state index is 13.1. The van der Waals surface area contributed by atoms with Gasteiger partial charge in [0.05, 0.1) is 11.1 Å². The third kappa shape index (κ3) is 3.74. The van der Waals surface area contributed by atoms with Crippen molar-refractivity contribution in [2.45, 2.75) is 32.7 Å². The van der Waals surface area contributed by atoms with Crippen LogP contribution in [0.25, 0.3) is 0 Å². The van der Waals surface area contributed by atoms with E-state index < -0.39 is 29.1 Å². The third-order valence-corrected chi connectivity index (χ3v) is 2.63. The van der Waals surface area contributed by atoms with Gasteiger partial charge in [0.25, 0.3) is 5.91 Å². The van der Waals surface area contributed by atoms with E-state index in [1.54, 1.807) is 6.92 Å². The predicted molar refractivity (Wildman–Crippen MR) is 65.2 cm³/mol. The predicted octanol–water partition coefficient (Wildman–Crippen LogP) is 2.58. The summed E-state index contributed by atoms with van der Waals surface area (Å²) in [5.74, 6) is -4.75. The minimum Gasteiger partial charge on any atom is -0.478 e. The van der Waals surface area contributed by atoms with E-state index in [2.05, 4.69) is 5.32 Å². The van der Waals surface area contributed by atoms with Gasteiger partial charge < -0.3 is 10.4 Å². The highest BCUT2D eigenvalue weighted by Crippen LogP contribution is 2.16. The highest BCUT2D eigenvalue weighted by atomic mass is 19.2. The Hall–Kier alpha value is -1.98. The molecule has 19 heavy (non-hydrogen) atoms. The maximum Gasteiger partial charge on any atom is 0.336 e. The Kier molecular flexibility index (Phi) is 4.97. The Morgan fingerprint density at radius 2 is 1.79 bits per heavy atom. The van der Waals surface area contributed by atoms with Gasteiger partial charge in [-0.15, -0.1) is 0 Å². The molecule has 0 radical (unpaired) electrons.